The molecule has 162 valence electrons. The normalized spacial score (nSPS) is 20.1. The topological polar surface area (TPSA) is 106 Å². The summed E-state index contributed by atoms with van der Waals surface area (Å²) in [7, 11) is 0. The molecule has 3 rings (SSSR count). The fraction of sp³-hybridized carbons (Fsp3) is 0.444. The molecule has 2 aromatic heterocycles. The SMILES string of the molecule is CSNCC1NCCN(c2cc(-c3cnc(/C=C\C(=N)C(F)(F)F)[nH]3)ncn2)C1C. The third-order valence-corrected chi connectivity index (χ3v) is 5.27. The van der Waals surface area contributed by atoms with Gasteiger partial charge in [0.1, 0.15) is 23.7 Å². The standard InChI is InChI=1S/C18H23F3N8S/c1-11-13(9-27-30-2)23-5-6-29(11)17-7-12(25-10-26-17)14-8-24-16(28-14)4-3-15(22)18(19,20)21/h3-4,7-8,10-11,13,22-23,27H,5-6,9H2,1-2H3,(H,24,28)/b4-3-,22-15?. The minimum atomic E-state index is -4.68. The van der Waals surface area contributed by atoms with Crippen LogP contribution in [-0.2, 0) is 0 Å². The number of aromatic nitrogens is 4. The number of imidazole rings is 1. The number of H-pyrrole nitrogens is 1. The number of alkyl halides is 3. The molecule has 30 heavy (non-hydrogen) atoms. The zero-order chi connectivity index (χ0) is 21.7. The summed E-state index contributed by atoms with van der Waals surface area (Å²) >= 11 is 1.58. The van der Waals surface area contributed by atoms with Crippen molar-refractivity contribution in [2.24, 2.45) is 0 Å². The number of rotatable bonds is 7. The first kappa shape index (κ1) is 22.2. The number of aromatic amines is 1. The molecule has 1 fully saturated rings. The lowest BCUT2D eigenvalue weighted by molar-refractivity contribution is -0.0583. The van der Waals surface area contributed by atoms with E-state index in [9.17, 15) is 13.2 Å². The minimum absolute atomic E-state index is 0.204. The number of halogens is 3. The summed E-state index contributed by atoms with van der Waals surface area (Å²) in [6.45, 7) is 4.58. The molecule has 0 aromatic carbocycles. The minimum Gasteiger partial charge on any atom is -0.351 e. The number of hydrogen-bond donors (Lipinski definition) is 4. The van der Waals surface area contributed by atoms with Crippen LogP contribution in [0.15, 0.2) is 24.7 Å². The van der Waals surface area contributed by atoms with E-state index >= 15 is 0 Å². The number of nitrogens with one attached hydrogen (secondary N) is 4. The van der Waals surface area contributed by atoms with Gasteiger partial charge in [0.15, 0.2) is 0 Å². The van der Waals surface area contributed by atoms with E-state index in [0.717, 1.165) is 31.5 Å². The van der Waals surface area contributed by atoms with Gasteiger partial charge in [-0.2, -0.15) is 13.2 Å². The van der Waals surface area contributed by atoms with Crippen LogP contribution in [0.1, 0.15) is 12.7 Å². The maximum absolute atomic E-state index is 12.4. The third kappa shape index (κ3) is 5.37. The van der Waals surface area contributed by atoms with E-state index in [1.54, 1.807) is 11.9 Å². The van der Waals surface area contributed by atoms with Gasteiger partial charge in [0.2, 0.25) is 0 Å². The van der Waals surface area contributed by atoms with E-state index in [1.165, 1.54) is 12.5 Å². The highest BCUT2D eigenvalue weighted by Crippen LogP contribution is 2.23. The summed E-state index contributed by atoms with van der Waals surface area (Å²) in [6, 6.07) is 2.30. The predicted molar refractivity (Wildman–Crippen MR) is 113 cm³/mol. The maximum atomic E-state index is 12.4. The van der Waals surface area contributed by atoms with Crippen molar-refractivity contribution in [2.75, 3.05) is 30.8 Å². The lowest BCUT2D eigenvalue weighted by Gasteiger charge is -2.41. The molecule has 0 amide bonds. The highest BCUT2D eigenvalue weighted by atomic mass is 32.2. The Morgan fingerprint density at radius 1 is 1.40 bits per heavy atom. The van der Waals surface area contributed by atoms with Gasteiger partial charge in [-0.25, -0.2) is 15.0 Å². The van der Waals surface area contributed by atoms with E-state index in [4.69, 9.17) is 5.41 Å². The Kier molecular flexibility index (Phi) is 7.10. The van der Waals surface area contributed by atoms with Crippen LogP contribution in [0.25, 0.3) is 17.5 Å². The van der Waals surface area contributed by atoms with Crippen molar-refractivity contribution in [3.63, 3.8) is 0 Å². The molecule has 1 saturated heterocycles. The van der Waals surface area contributed by atoms with Crippen LogP contribution in [0, 0.1) is 5.41 Å². The second-order valence-corrected chi connectivity index (χ2v) is 7.43. The average molecular weight is 440 g/mol. The van der Waals surface area contributed by atoms with Gasteiger partial charge in [-0.05, 0) is 25.3 Å². The van der Waals surface area contributed by atoms with Crippen LogP contribution in [-0.4, -0.2) is 69.8 Å². The zero-order valence-corrected chi connectivity index (χ0v) is 17.3. The lowest BCUT2D eigenvalue weighted by Crippen LogP contribution is -2.59. The molecule has 3 heterocycles. The van der Waals surface area contributed by atoms with Crippen molar-refractivity contribution in [3.05, 3.63) is 30.5 Å². The molecule has 2 atom stereocenters. The molecule has 1 aliphatic rings. The largest absolute Gasteiger partial charge is 0.432 e. The van der Waals surface area contributed by atoms with Gasteiger partial charge in [0, 0.05) is 37.8 Å². The van der Waals surface area contributed by atoms with Crippen LogP contribution in [0.3, 0.4) is 0 Å². The first-order chi connectivity index (χ1) is 14.3. The van der Waals surface area contributed by atoms with Crippen molar-refractivity contribution < 1.29 is 13.2 Å². The molecule has 1 aliphatic heterocycles. The van der Waals surface area contributed by atoms with Gasteiger partial charge in [-0.1, -0.05) is 11.9 Å². The Balaban J connectivity index is 1.75. The van der Waals surface area contributed by atoms with Crippen LogP contribution in [0.4, 0.5) is 19.0 Å². The molecule has 0 aliphatic carbocycles. The molecule has 0 radical (unpaired) electrons. The Labute approximate surface area is 176 Å². The maximum Gasteiger partial charge on any atom is 0.432 e. The third-order valence-electron chi connectivity index (χ3n) is 4.81. The molecule has 2 aromatic rings. The molecule has 0 bridgehead atoms. The summed E-state index contributed by atoms with van der Waals surface area (Å²) in [5.74, 6) is 0.978. The van der Waals surface area contributed by atoms with Gasteiger partial charge in [-0.3, -0.25) is 10.1 Å². The summed E-state index contributed by atoms with van der Waals surface area (Å²) in [4.78, 5) is 17.8. The molecular weight excluding hydrogens is 417 g/mol. The summed E-state index contributed by atoms with van der Waals surface area (Å²) < 4.78 is 40.6. The van der Waals surface area contributed by atoms with Crippen LogP contribution >= 0.6 is 11.9 Å². The second kappa shape index (κ2) is 9.58. The smallest absolute Gasteiger partial charge is 0.351 e. The number of allylic oxidation sites excluding steroid dienone is 1. The number of anilines is 1. The molecule has 4 N–H and O–H groups in total. The summed E-state index contributed by atoms with van der Waals surface area (Å²) in [6.07, 6.45) is 2.04. The first-order valence-corrected chi connectivity index (χ1v) is 10.5. The Morgan fingerprint density at radius 3 is 2.93 bits per heavy atom. The quantitative estimate of drug-likeness (QED) is 0.387. The monoisotopic (exact) mass is 440 g/mol. The predicted octanol–water partition coefficient (Wildman–Crippen LogP) is 2.50. The second-order valence-electron chi connectivity index (χ2n) is 6.74. The van der Waals surface area contributed by atoms with Crippen LogP contribution in [0.5, 0.6) is 0 Å². The van der Waals surface area contributed by atoms with Crippen molar-refractivity contribution >= 4 is 29.6 Å². The lowest BCUT2D eigenvalue weighted by atomic mass is 10.1. The first-order valence-electron chi connectivity index (χ1n) is 9.26. The summed E-state index contributed by atoms with van der Waals surface area (Å²) in [5.41, 5.74) is -0.300. The fourth-order valence-electron chi connectivity index (χ4n) is 3.16. The molecule has 8 nitrogen and oxygen atoms in total. The number of nitrogens with zero attached hydrogens (tertiary/aromatic N) is 4. The molecule has 0 saturated carbocycles. The van der Waals surface area contributed by atoms with Crippen molar-refractivity contribution in [1.82, 2.24) is 30.0 Å². The van der Waals surface area contributed by atoms with Gasteiger partial charge in [-0.15, -0.1) is 0 Å². The zero-order valence-electron chi connectivity index (χ0n) is 16.5. The Hall–Kier alpha value is -2.44. The van der Waals surface area contributed by atoms with Gasteiger partial charge in [0.05, 0.1) is 17.6 Å². The van der Waals surface area contributed by atoms with E-state index in [1.807, 2.05) is 12.3 Å². The Morgan fingerprint density at radius 2 is 2.20 bits per heavy atom. The molecular formula is C18H23F3N8S. The van der Waals surface area contributed by atoms with Crippen molar-refractivity contribution in [3.8, 4) is 11.4 Å². The van der Waals surface area contributed by atoms with Gasteiger partial charge >= 0.3 is 6.18 Å². The van der Waals surface area contributed by atoms with E-state index in [0.29, 0.717) is 17.5 Å². The van der Waals surface area contributed by atoms with Crippen molar-refractivity contribution in [1.29, 1.82) is 5.41 Å². The van der Waals surface area contributed by atoms with E-state index < -0.39 is 11.9 Å². The van der Waals surface area contributed by atoms with Gasteiger partial charge in [0.25, 0.3) is 0 Å². The molecule has 2 unspecified atom stereocenters. The highest BCUT2D eigenvalue weighted by Gasteiger charge is 2.32. The highest BCUT2D eigenvalue weighted by molar-refractivity contribution is 7.96. The van der Waals surface area contributed by atoms with E-state index in [-0.39, 0.29) is 17.9 Å². The average Bonchev–Trinajstić information content (AvgIpc) is 3.20. The molecule has 0 spiro atoms. The number of piperazine rings is 1. The number of hydrogen-bond acceptors (Lipinski definition) is 8. The van der Waals surface area contributed by atoms with Crippen molar-refractivity contribution in [2.45, 2.75) is 25.2 Å². The van der Waals surface area contributed by atoms with E-state index in [2.05, 4.69) is 41.8 Å². The van der Waals surface area contributed by atoms with Crippen LogP contribution < -0.4 is 14.9 Å². The van der Waals surface area contributed by atoms with Crippen LogP contribution in [0.2, 0.25) is 0 Å². The fourth-order valence-corrected chi connectivity index (χ4v) is 3.51. The molecule has 12 heteroatoms. The van der Waals surface area contributed by atoms with Gasteiger partial charge < -0.3 is 15.2 Å². The summed E-state index contributed by atoms with van der Waals surface area (Å²) in [5, 5.41) is 10.5. The Bertz CT molecular complexity index is 898.